The standard InChI is InChI=1S/C14H20N2O2/c17-16-14(13-9-5-2-6-10-13)18-15-11-12-7-3-1-4-8-12/h7,9,11,17H,1-6,8,10H2. The van der Waals surface area contributed by atoms with Crippen LogP contribution < -0.4 is 0 Å². The highest BCUT2D eigenvalue weighted by Crippen LogP contribution is 2.19. The Bertz CT molecular complexity index is 395. The van der Waals surface area contributed by atoms with E-state index in [4.69, 9.17) is 10.0 Å². The van der Waals surface area contributed by atoms with Crippen molar-refractivity contribution in [3.05, 3.63) is 23.3 Å². The maximum absolute atomic E-state index is 8.95. The molecule has 0 aromatic heterocycles. The van der Waals surface area contributed by atoms with Crippen molar-refractivity contribution in [3.8, 4) is 0 Å². The van der Waals surface area contributed by atoms with Crippen molar-refractivity contribution < 1.29 is 10.0 Å². The van der Waals surface area contributed by atoms with Gasteiger partial charge in [-0.1, -0.05) is 17.3 Å². The predicted molar refractivity (Wildman–Crippen MR) is 71.9 cm³/mol. The Balaban J connectivity index is 1.89. The predicted octanol–water partition coefficient (Wildman–Crippen LogP) is 3.78. The molecule has 0 radical (unpaired) electrons. The van der Waals surface area contributed by atoms with Gasteiger partial charge in [-0.05, 0) is 62.1 Å². The Labute approximate surface area is 108 Å². The molecule has 2 aliphatic rings. The summed E-state index contributed by atoms with van der Waals surface area (Å²) in [4.78, 5) is 5.19. The zero-order chi connectivity index (χ0) is 12.6. The summed E-state index contributed by atoms with van der Waals surface area (Å²) in [5.74, 6) is 0.238. The van der Waals surface area contributed by atoms with Crippen LogP contribution in [-0.2, 0) is 4.84 Å². The molecule has 0 aromatic rings. The summed E-state index contributed by atoms with van der Waals surface area (Å²) in [6.07, 6.45) is 14.9. The normalized spacial score (nSPS) is 21.7. The summed E-state index contributed by atoms with van der Waals surface area (Å²) in [7, 11) is 0. The third kappa shape index (κ3) is 3.72. The van der Waals surface area contributed by atoms with Crippen LogP contribution in [0.4, 0.5) is 0 Å². The van der Waals surface area contributed by atoms with Gasteiger partial charge in [0.15, 0.2) is 0 Å². The van der Waals surface area contributed by atoms with Crippen molar-refractivity contribution in [1.29, 1.82) is 0 Å². The highest BCUT2D eigenvalue weighted by molar-refractivity contribution is 5.93. The second-order valence-electron chi connectivity index (χ2n) is 4.73. The average molecular weight is 248 g/mol. The van der Waals surface area contributed by atoms with Crippen LogP contribution in [0.2, 0.25) is 0 Å². The van der Waals surface area contributed by atoms with Gasteiger partial charge in [-0.2, -0.15) is 0 Å². The average Bonchev–Trinajstić information content (AvgIpc) is 2.46. The molecule has 0 aliphatic heterocycles. The van der Waals surface area contributed by atoms with Crippen LogP contribution in [0, 0.1) is 0 Å². The summed E-state index contributed by atoms with van der Waals surface area (Å²) < 4.78 is 0. The van der Waals surface area contributed by atoms with E-state index in [9.17, 15) is 0 Å². The SMILES string of the molecule is ON=C(ON=CC1=CCCCC1)C1=CCCCC1. The molecule has 2 aliphatic carbocycles. The van der Waals surface area contributed by atoms with Gasteiger partial charge in [-0.3, -0.25) is 0 Å². The van der Waals surface area contributed by atoms with Crippen LogP contribution in [0.3, 0.4) is 0 Å². The van der Waals surface area contributed by atoms with E-state index in [1.54, 1.807) is 6.21 Å². The van der Waals surface area contributed by atoms with Gasteiger partial charge < -0.3 is 10.0 Å². The van der Waals surface area contributed by atoms with E-state index in [2.05, 4.69) is 22.5 Å². The molecule has 0 unspecified atom stereocenters. The summed E-state index contributed by atoms with van der Waals surface area (Å²) in [5.41, 5.74) is 2.16. The Hall–Kier alpha value is -1.58. The third-order valence-electron chi connectivity index (χ3n) is 3.34. The molecule has 0 saturated carbocycles. The van der Waals surface area contributed by atoms with Crippen molar-refractivity contribution in [2.75, 3.05) is 0 Å². The zero-order valence-corrected chi connectivity index (χ0v) is 10.6. The lowest BCUT2D eigenvalue weighted by Gasteiger charge is -2.11. The minimum absolute atomic E-state index is 0.238. The van der Waals surface area contributed by atoms with Crippen molar-refractivity contribution in [2.45, 2.75) is 51.4 Å². The first-order valence-corrected chi connectivity index (χ1v) is 6.71. The topological polar surface area (TPSA) is 54.2 Å². The van der Waals surface area contributed by atoms with E-state index in [1.807, 2.05) is 0 Å². The first kappa shape index (κ1) is 12.9. The molecule has 0 saturated heterocycles. The fraction of sp³-hybridized carbons (Fsp3) is 0.571. The third-order valence-corrected chi connectivity index (χ3v) is 3.34. The number of allylic oxidation sites excluding steroid dienone is 3. The van der Waals surface area contributed by atoms with Gasteiger partial charge in [-0.25, -0.2) is 0 Å². The van der Waals surface area contributed by atoms with Gasteiger partial charge in [0.05, 0.1) is 6.21 Å². The minimum Gasteiger partial charge on any atom is -0.408 e. The first-order chi connectivity index (χ1) is 8.90. The van der Waals surface area contributed by atoms with Crippen molar-refractivity contribution in [2.24, 2.45) is 10.3 Å². The highest BCUT2D eigenvalue weighted by Gasteiger charge is 2.12. The van der Waals surface area contributed by atoms with E-state index in [-0.39, 0.29) is 5.90 Å². The molecule has 0 amide bonds. The lowest BCUT2D eigenvalue weighted by Crippen LogP contribution is -2.08. The first-order valence-electron chi connectivity index (χ1n) is 6.71. The Morgan fingerprint density at radius 2 is 1.89 bits per heavy atom. The molecule has 0 atom stereocenters. The molecule has 0 fully saturated rings. The molecular formula is C14H20N2O2. The molecule has 2 rings (SSSR count). The maximum Gasteiger partial charge on any atom is 0.286 e. The molecule has 1 N–H and O–H groups in total. The quantitative estimate of drug-likeness (QED) is 0.357. The van der Waals surface area contributed by atoms with Gasteiger partial charge in [0.2, 0.25) is 0 Å². The van der Waals surface area contributed by atoms with E-state index in [0.29, 0.717) is 0 Å². The molecule has 4 nitrogen and oxygen atoms in total. The highest BCUT2D eigenvalue weighted by atomic mass is 16.6. The Kier molecular flexibility index (Phi) is 5.00. The number of hydrogen-bond acceptors (Lipinski definition) is 4. The van der Waals surface area contributed by atoms with E-state index in [0.717, 1.165) is 37.7 Å². The number of nitrogens with zero attached hydrogens (tertiary/aromatic N) is 2. The molecule has 0 aromatic carbocycles. The van der Waals surface area contributed by atoms with E-state index in [1.165, 1.54) is 24.8 Å². The Morgan fingerprint density at radius 3 is 2.50 bits per heavy atom. The summed E-state index contributed by atoms with van der Waals surface area (Å²) >= 11 is 0. The number of rotatable bonds is 3. The second kappa shape index (κ2) is 6.99. The molecule has 0 heterocycles. The largest absolute Gasteiger partial charge is 0.408 e. The fourth-order valence-corrected chi connectivity index (χ4v) is 2.30. The van der Waals surface area contributed by atoms with Crippen LogP contribution in [0.25, 0.3) is 0 Å². The van der Waals surface area contributed by atoms with E-state index < -0.39 is 0 Å². The minimum atomic E-state index is 0.238. The molecular weight excluding hydrogens is 228 g/mol. The molecule has 0 spiro atoms. The molecule has 4 heteroatoms. The summed E-state index contributed by atoms with van der Waals surface area (Å²) in [6.45, 7) is 0. The summed E-state index contributed by atoms with van der Waals surface area (Å²) in [6, 6.07) is 0. The van der Waals surface area contributed by atoms with Crippen molar-refractivity contribution in [3.63, 3.8) is 0 Å². The van der Waals surface area contributed by atoms with E-state index >= 15 is 0 Å². The maximum atomic E-state index is 8.95. The molecule has 98 valence electrons. The van der Waals surface area contributed by atoms with Crippen LogP contribution in [0.15, 0.2) is 33.6 Å². The van der Waals surface area contributed by atoms with Gasteiger partial charge in [-0.15, -0.1) is 0 Å². The number of oxime groups is 2. The smallest absolute Gasteiger partial charge is 0.286 e. The second-order valence-corrected chi connectivity index (χ2v) is 4.73. The van der Waals surface area contributed by atoms with Crippen LogP contribution in [0.1, 0.15) is 51.4 Å². The van der Waals surface area contributed by atoms with Crippen LogP contribution >= 0.6 is 0 Å². The van der Waals surface area contributed by atoms with Crippen LogP contribution in [-0.4, -0.2) is 17.3 Å². The lowest BCUT2D eigenvalue weighted by atomic mass is 10.00. The monoisotopic (exact) mass is 248 g/mol. The molecule has 0 bridgehead atoms. The van der Waals surface area contributed by atoms with Gasteiger partial charge >= 0.3 is 0 Å². The number of hydrogen-bond donors (Lipinski definition) is 1. The van der Waals surface area contributed by atoms with Crippen LogP contribution in [0.5, 0.6) is 0 Å². The van der Waals surface area contributed by atoms with Gasteiger partial charge in [0.25, 0.3) is 5.90 Å². The van der Waals surface area contributed by atoms with Gasteiger partial charge in [0.1, 0.15) is 0 Å². The molecule has 18 heavy (non-hydrogen) atoms. The zero-order valence-electron chi connectivity index (χ0n) is 10.6. The summed E-state index contributed by atoms with van der Waals surface area (Å²) in [5, 5.41) is 16.1. The fourth-order valence-electron chi connectivity index (χ4n) is 2.30. The van der Waals surface area contributed by atoms with Crippen molar-refractivity contribution >= 4 is 12.1 Å². The lowest BCUT2D eigenvalue weighted by molar-refractivity contribution is 0.264. The van der Waals surface area contributed by atoms with Gasteiger partial charge in [0, 0.05) is 5.57 Å². The Morgan fingerprint density at radius 1 is 1.11 bits per heavy atom. The van der Waals surface area contributed by atoms with Crippen molar-refractivity contribution in [1.82, 2.24) is 0 Å².